The van der Waals surface area contributed by atoms with Gasteiger partial charge in [0.25, 0.3) is 0 Å². The van der Waals surface area contributed by atoms with Gasteiger partial charge in [-0.25, -0.2) is 0 Å². The van der Waals surface area contributed by atoms with E-state index in [4.69, 9.17) is 4.74 Å². The molecule has 1 heteroatoms. The highest BCUT2D eigenvalue weighted by Crippen LogP contribution is 2.07. The molecule has 0 heterocycles. The Labute approximate surface area is 124 Å². The van der Waals surface area contributed by atoms with Crippen molar-refractivity contribution in [1.29, 1.82) is 0 Å². The summed E-state index contributed by atoms with van der Waals surface area (Å²) in [6.07, 6.45) is 11.8. The van der Waals surface area contributed by atoms with E-state index in [-0.39, 0.29) is 0 Å². The van der Waals surface area contributed by atoms with Gasteiger partial charge >= 0.3 is 0 Å². The molecule has 0 spiro atoms. The highest BCUT2D eigenvalue weighted by atomic mass is 16.5. The van der Waals surface area contributed by atoms with Crippen LogP contribution in [0.15, 0.2) is 54.6 Å². The van der Waals surface area contributed by atoms with Gasteiger partial charge in [0.1, 0.15) is 0 Å². The second-order valence-corrected chi connectivity index (χ2v) is 5.20. The lowest BCUT2D eigenvalue weighted by Crippen LogP contribution is -1.95. The van der Waals surface area contributed by atoms with Crippen molar-refractivity contribution in [2.45, 2.75) is 52.1 Å². The Hall–Kier alpha value is -1.34. The summed E-state index contributed by atoms with van der Waals surface area (Å²) >= 11 is 0. The topological polar surface area (TPSA) is 9.23 Å². The number of hydrogen-bond donors (Lipinski definition) is 0. The molecule has 0 atom stereocenters. The van der Waals surface area contributed by atoms with Crippen LogP contribution < -0.4 is 0 Å². The summed E-state index contributed by atoms with van der Waals surface area (Å²) in [7, 11) is 0. The van der Waals surface area contributed by atoms with Crippen LogP contribution in [0.25, 0.3) is 0 Å². The fourth-order valence-electron chi connectivity index (χ4n) is 1.99. The van der Waals surface area contributed by atoms with Crippen LogP contribution in [-0.2, 0) is 11.3 Å². The molecule has 0 aliphatic rings. The first kappa shape index (κ1) is 16.7. The lowest BCUT2D eigenvalue weighted by atomic mass is 10.1. The van der Waals surface area contributed by atoms with Gasteiger partial charge < -0.3 is 4.74 Å². The minimum Gasteiger partial charge on any atom is -0.376 e. The van der Waals surface area contributed by atoms with Crippen LogP contribution in [0.5, 0.6) is 0 Å². The van der Waals surface area contributed by atoms with Crippen molar-refractivity contribution < 1.29 is 4.74 Å². The predicted octanol–water partition coefficient (Wildman–Crippen LogP) is 5.68. The summed E-state index contributed by atoms with van der Waals surface area (Å²) < 4.78 is 5.66. The molecule has 0 radical (unpaired) electrons. The van der Waals surface area contributed by atoms with E-state index in [1.54, 1.807) is 0 Å². The van der Waals surface area contributed by atoms with Gasteiger partial charge in [0.05, 0.1) is 13.2 Å². The monoisotopic (exact) mass is 272 g/mol. The van der Waals surface area contributed by atoms with Crippen LogP contribution in [0, 0.1) is 0 Å². The average molecular weight is 272 g/mol. The van der Waals surface area contributed by atoms with Crippen LogP contribution in [0.4, 0.5) is 0 Å². The van der Waals surface area contributed by atoms with Crippen molar-refractivity contribution in [1.82, 2.24) is 0 Å². The minimum absolute atomic E-state index is 0.689. The SMILES string of the molecule is C=C(/C=C/CCCCCC)CCOCc1ccccc1. The van der Waals surface area contributed by atoms with Crippen molar-refractivity contribution in [3.05, 3.63) is 60.2 Å². The maximum Gasteiger partial charge on any atom is 0.0717 e. The smallest absolute Gasteiger partial charge is 0.0717 e. The zero-order valence-electron chi connectivity index (χ0n) is 12.8. The van der Waals surface area contributed by atoms with Crippen molar-refractivity contribution in [3.63, 3.8) is 0 Å². The second kappa shape index (κ2) is 11.5. The summed E-state index contributed by atoms with van der Waals surface area (Å²) in [6.45, 7) is 7.74. The van der Waals surface area contributed by atoms with Gasteiger partial charge in [0.2, 0.25) is 0 Å². The summed E-state index contributed by atoms with van der Waals surface area (Å²) in [5.74, 6) is 0. The van der Waals surface area contributed by atoms with Crippen LogP contribution >= 0.6 is 0 Å². The number of unbranched alkanes of at least 4 members (excludes halogenated alkanes) is 4. The van der Waals surface area contributed by atoms with E-state index >= 15 is 0 Å². The Balaban J connectivity index is 2.01. The molecule has 0 saturated heterocycles. The third-order valence-corrected chi connectivity index (χ3v) is 3.26. The Morgan fingerprint density at radius 2 is 1.95 bits per heavy atom. The molecule has 20 heavy (non-hydrogen) atoms. The van der Waals surface area contributed by atoms with Gasteiger partial charge in [-0.15, -0.1) is 0 Å². The Kier molecular flexibility index (Phi) is 9.60. The van der Waals surface area contributed by atoms with Crippen LogP contribution in [0.2, 0.25) is 0 Å². The number of benzene rings is 1. The second-order valence-electron chi connectivity index (χ2n) is 5.20. The molecule has 110 valence electrons. The van der Waals surface area contributed by atoms with Crippen LogP contribution in [-0.4, -0.2) is 6.61 Å². The van der Waals surface area contributed by atoms with Crippen LogP contribution in [0.3, 0.4) is 0 Å². The van der Waals surface area contributed by atoms with Crippen molar-refractivity contribution in [2.75, 3.05) is 6.61 Å². The van der Waals surface area contributed by atoms with Crippen molar-refractivity contribution in [3.8, 4) is 0 Å². The van der Waals surface area contributed by atoms with Crippen LogP contribution in [0.1, 0.15) is 51.0 Å². The lowest BCUT2D eigenvalue weighted by Gasteiger charge is -2.04. The van der Waals surface area contributed by atoms with E-state index in [0.29, 0.717) is 6.61 Å². The molecule has 0 aliphatic heterocycles. The van der Waals surface area contributed by atoms with Crippen molar-refractivity contribution in [2.24, 2.45) is 0 Å². The van der Waals surface area contributed by atoms with Gasteiger partial charge in [-0.1, -0.05) is 80.8 Å². The number of hydrogen-bond acceptors (Lipinski definition) is 1. The molecule has 0 amide bonds. The predicted molar refractivity (Wildman–Crippen MR) is 87.8 cm³/mol. The highest BCUT2D eigenvalue weighted by molar-refractivity contribution is 5.15. The number of allylic oxidation sites excluding steroid dienone is 2. The number of rotatable bonds is 11. The number of ether oxygens (including phenoxy) is 1. The molecule has 0 fully saturated rings. The van der Waals surface area contributed by atoms with E-state index in [0.717, 1.165) is 18.6 Å². The Bertz CT molecular complexity index is 378. The third-order valence-electron chi connectivity index (χ3n) is 3.26. The molecule has 0 bridgehead atoms. The molecule has 1 aromatic carbocycles. The fraction of sp³-hybridized carbons (Fsp3) is 0.474. The summed E-state index contributed by atoms with van der Waals surface area (Å²) in [5.41, 5.74) is 2.39. The van der Waals surface area contributed by atoms with Gasteiger partial charge in [0, 0.05) is 0 Å². The van der Waals surface area contributed by atoms with Gasteiger partial charge in [-0.3, -0.25) is 0 Å². The molecule has 0 aliphatic carbocycles. The molecular weight excluding hydrogens is 244 g/mol. The van der Waals surface area contributed by atoms with E-state index in [1.165, 1.54) is 37.7 Å². The van der Waals surface area contributed by atoms with E-state index in [9.17, 15) is 0 Å². The highest BCUT2D eigenvalue weighted by Gasteiger charge is 1.93. The van der Waals surface area contributed by atoms with Gasteiger partial charge in [-0.05, 0) is 24.8 Å². The first-order chi connectivity index (χ1) is 9.83. The fourth-order valence-corrected chi connectivity index (χ4v) is 1.99. The maximum absolute atomic E-state index is 5.66. The largest absolute Gasteiger partial charge is 0.376 e. The summed E-state index contributed by atoms with van der Waals surface area (Å²) in [5, 5.41) is 0. The average Bonchev–Trinajstić information content (AvgIpc) is 2.48. The lowest BCUT2D eigenvalue weighted by molar-refractivity contribution is 0.124. The summed E-state index contributed by atoms with van der Waals surface area (Å²) in [6, 6.07) is 10.3. The Morgan fingerprint density at radius 1 is 1.15 bits per heavy atom. The maximum atomic E-state index is 5.66. The zero-order chi connectivity index (χ0) is 14.5. The first-order valence-corrected chi connectivity index (χ1v) is 7.79. The van der Waals surface area contributed by atoms with Gasteiger partial charge in [-0.2, -0.15) is 0 Å². The van der Waals surface area contributed by atoms with Crippen molar-refractivity contribution >= 4 is 0 Å². The molecule has 0 aromatic heterocycles. The molecule has 1 aromatic rings. The third kappa shape index (κ3) is 8.71. The van der Waals surface area contributed by atoms with Gasteiger partial charge in [0.15, 0.2) is 0 Å². The standard InChI is InChI=1S/C19H28O/c1-3-4-5-6-7-9-12-18(2)15-16-20-17-19-13-10-8-11-14-19/h8-14H,2-7,15-17H2,1H3/b12-9+. The van der Waals surface area contributed by atoms with E-state index in [1.807, 2.05) is 18.2 Å². The first-order valence-electron chi connectivity index (χ1n) is 7.79. The Morgan fingerprint density at radius 3 is 2.70 bits per heavy atom. The molecule has 0 saturated carbocycles. The van der Waals surface area contributed by atoms with E-state index in [2.05, 4.69) is 37.8 Å². The summed E-state index contributed by atoms with van der Waals surface area (Å²) in [4.78, 5) is 0. The molecular formula is C19H28O. The molecule has 0 N–H and O–H groups in total. The van der Waals surface area contributed by atoms with E-state index < -0.39 is 0 Å². The zero-order valence-corrected chi connectivity index (χ0v) is 12.8. The quantitative estimate of drug-likeness (QED) is 0.372. The molecule has 1 nitrogen and oxygen atoms in total. The molecule has 1 rings (SSSR count). The molecule has 0 unspecified atom stereocenters. The normalized spacial score (nSPS) is 11.1. The minimum atomic E-state index is 0.689.